The van der Waals surface area contributed by atoms with E-state index in [-0.39, 0.29) is 30.1 Å². The van der Waals surface area contributed by atoms with Gasteiger partial charge in [-0.05, 0) is 44.4 Å². The quantitative estimate of drug-likeness (QED) is 0.409. The molecule has 2 aromatic carbocycles. The highest BCUT2D eigenvalue weighted by Crippen LogP contribution is 2.23. The lowest BCUT2D eigenvalue weighted by molar-refractivity contribution is -0.124. The van der Waals surface area contributed by atoms with Gasteiger partial charge in [0, 0.05) is 17.2 Å². The number of ketones is 1. The van der Waals surface area contributed by atoms with Crippen LogP contribution in [0.25, 0.3) is 11.3 Å². The molecule has 31 heavy (non-hydrogen) atoms. The van der Waals surface area contributed by atoms with Crippen molar-refractivity contribution in [1.29, 1.82) is 0 Å². The minimum absolute atomic E-state index is 0.00979. The van der Waals surface area contributed by atoms with E-state index < -0.39 is 5.97 Å². The van der Waals surface area contributed by atoms with Crippen molar-refractivity contribution < 1.29 is 23.5 Å². The molecule has 0 bridgehead atoms. The van der Waals surface area contributed by atoms with Crippen LogP contribution in [0.15, 0.2) is 71.1 Å². The first-order valence-electron chi connectivity index (χ1n) is 10.1. The van der Waals surface area contributed by atoms with Crippen LogP contribution in [0.2, 0.25) is 0 Å². The van der Waals surface area contributed by atoms with E-state index >= 15 is 0 Å². The lowest BCUT2D eigenvalue weighted by Crippen LogP contribution is -2.36. The first kappa shape index (κ1) is 22.0. The zero-order chi connectivity index (χ0) is 22.2. The average Bonchev–Trinajstić information content (AvgIpc) is 3.27. The predicted octanol–water partition coefficient (Wildman–Crippen LogP) is 4.44. The second kappa shape index (κ2) is 10.4. The van der Waals surface area contributed by atoms with Crippen LogP contribution in [-0.4, -0.2) is 30.3 Å². The van der Waals surface area contributed by atoms with Crippen molar-refractivity contribution in [2.45, 2.75) is 32.7 Å². The molecule has 3 aromatic rings. The molecule has 1 aromatic heterocycles. The zero-order valence-electron chi connectivity index (χ0n) is 17.6. The summed E-state index contributed by atoms with van der Waals surface area (Å²) in [6.45, 7) is 3.03. The summed E-state index contributed by atoms with van der Waals surface area (Å²) in [5, 5.41) is 2.83. The fourth-order valence-corrected chi connectivity index (χ4v) is 3.09. The maximum absolute atomic E-state index is 12.2. The fourth-order valence-electron chi connectivity index (χ4n) is 3.09. The summed E-state index contributed by atoms with van der Waals surface area (Å²) in [7, 11) is 0. The average molecular weight is 419 g/mol. The third-order valence-corrected chi connectivity index (χ3v) is 4.83. The van der Waals surface area contributed by atoms with Crippen LogP contribution in [0, 0.1) is 0 Å². The van der Waals surface area contributed by atoms with Crippen LogP contribution in [0.3, 0.4) is 0 Å². The second-order valence-electron chi connectivity index (χ2n) is 7.37. The summed E-state index contributed by atoms with van der Waals surface area (Å²) < 4.78 is 10.6. The summed E-state index contributed by atoms with van der Waals surface area (Å²) in [6, 6.07) is 20.0. The molecule has 0 saturated heterocycles. The number of furan rings is 1. The maximum Gasteiger partial charge on any atom is 0.374 e. The highest BCUT2D eigenvalue weighted by atomic mass is 16.5. The van der Waals surface area contributed by atoms with Crippen molar-refractivity contribution in [2.75, 3.05) is 6.61 Å². The molecule has 1 amide bonds. The van der Waals surface area contributed by atoms with Crippen molar-refractivity contribution in [1.82, 2.24) is 5.32 Å². The number of benzene rings is 2. The van der Waals surface area contributed by atoms with Crippen LogP contribution in [-0.2, 0) is 16.0 Å². The Balaban J connectivity index is 1.46. The van der Waals surface area contributed by atoms with Crippen LogP contribution >= 0.6 is 0 Å². The third-order valence-electron chi connectivity index (χ3n) is 4.83. The van der Waals surface area contributed by atoms with Crippen molar-refractivity contribution in [3.63, 3.8) is 0 Å². The van der Waals surface area contributed by atoms with Crippen molar-refractivity contribution in [3.05, 3.63) is 83.6 Å². The van der Waals surface area contributed by atoms with Gasteiger partial charge in [-0.1, -0.05) is 54.6 Å². The van der Waals surface area contributed by atoms with E-state index in [1.807, 2.05) is 37.3 Å². The number of rotatable bonds is 9. The lowest BCUT2D eigenvalue weighted by atomic mass is 10.1. The Kier molecular flexibility index (Phi) is 7.38. The lowest BCUT2D eigenvalue weighted by Gasteiger charge is -2.13. The maximum atomic E-state index is 12.2. The van der Waals surface area contributed by atoms with Gasteiger partial charge in [0.2, 0.25) is 5.76 Å². The molecule has 0 aliphatic rings. The molecule has 0 spiro atoms. The van der Waals surface area contributed by atoms with Crippen LogP contribution in [0.4, 0.5) is 0 Å². The molecular weight excluding hydrogens is 394 g/mol. The first-order valence-corrected chi connectivity index (χ1v) is 10.1. The number of amides is 1. The van der Waals surface area contributed by atoms with E-state index in [9.17, 15) is 14.4 Å². The molecule has 0 aliphatic carbocycles. The van der Waals surface area contributed by atoms with Gasteiger partial charge in [-0.15, -0.1) is 0 Å². The number of hydrogen-bond acceptors (Lipinski definition) is 5. The highest BCUT2D eigenvalue weighted by Gasteiger charge is 2.16. The molecule has 0 unspecified atom stereocenters. The summed E-state index contributed by atoms with van der Waals surface area (Å²) in [6.07, 6.45) is 1.64. The van der Waals surface area contributed by atoms with Gasteiger partial charge in [-0.25, -0.2) is 4.79 Å². The highest BCUT2D eigenvalue weighted by molar-refractivity contribution is 5.94. The van der Waals surface area contributed by atoms with E-state index in [1.54, 1.807) is 30.3 Å². The Morgan fingerprint density at radius 1 is 0.968 bits per heavy atom. The number of Topliss-reactive ketones (excluding diaryl/α,β-unsaturated/α-hetero) is 1. The number of carbonyl (C=O) groups excluding carboxylic acids is 3. The van der Waals surface area contributed by atoms with Crippen molar-refractivity contribution >= 4 is 17.7 Å². The summed E-state index contributed by atoms with van der Waals surface area (Å²) in [5.74, 6) is -0.612. The number of ether oxygens (including phenoxy) is 1. The van der Waals surface area contributed by atoms with Gasteiger partial charge in [-0.3, -0.25) is 9.59 Å². The minimum Gasteiger partial charge on any atom is -0.450 e. The van der Waals surface area contributed by atoms with E-state index in [2.05, 4.69) is 5.32 Å². The largest absolute Gasteiger partial charge is 0.450 e. The van der Waals surface area contributed by atoms with Crippen molar-refractivity contribution in [2.24, 2.45) is 0 Å². The van der Waals surface area contributed by atoms with Crippen LogP contribution in [0.5, 0.6) is 0 Å². The Labute approximate surface area is 181 Å². The Hall–Kier alpha value is -3.67. The van der Waals surface area contributed by atoms with Crippen LogP contribution < -0.4 is 5.32 Å². The number of aryl methyl sites for hydroxylation is 1. The first-order chi connectivity index (χ1) is 14.9. The van der Waals surface area contributed by atoms with E-state index in [1.165, 1.54) is 18.6 Å². The Morgan fingerprint density at radius 3 is 2.35 bits per heavy atom. The number of carbonyl (C=O) groups is 3. The van der Waals surface area contributed by atoms with E-state index in [0.29, 0.717) is 11.3 Å². The second-order valence-corrected chi connectivity index (χ2v) is 7.37. The summed E-state index contributed by atoms with van der Waals surface area (Å²) >= 11 is 0. The standard InChI is InChI=1S/C25H25NO5/c1-17(8-9-19-6-4-3-5-7-19)26-24(28)16-30-25(29)23-15-14-22(31-23)21-12-10-20(11-13-21)18(2)27/h3-7,10-15,17H,8-9,16H2,1-2H3,(H,26,28)/t17-/m1/s1. The van der Waals surface area contributed by atoms with Gasteiger partial charge >= 0.3 is 5.97 Å². The molecule has 160 valence electrons. The predicted molar refractivity (Wildman–Crippen MR) is 117 cm³/mol. The zero-order valence-corrected chi connectivity index (χ0v) is 17.6. The van der Waals surface area contributed by atoms with Gasteiger partial charge in [0.25, 0.3) is 5.91 Å². The topological polar surface area (TPSA) is 85.6 Å². The third kappa shape index (κ3) is 6.40. The molecule has 1 N–H and O–H groups in total. The molecular formula is C25H25NO5. The van der Waals surface area contributed by atoms with Crippen LogP contribution in [0.1, 0.15) is 46.7 Å². The molecule has 3 rings (SSSR count). The normalized spacial score (nSPS) is 11.5. The van der Waals surface area contributed by atoms with Gasteiger partial charge in [-0.2, -0.15) is 0 Å². The Morgan fingerprint density at radius 2 is 1.68 bits per heavy atom. The molecule has 6 nitrogen and oxygen atoms in total. The van der Waals surface area contributed by atoms with Gasteiger partial charge in [0.05, 0.1) is 0 Å². The molecule has 0 saturated carbocycles. The SMILES string of the molecule is CC(=O)c1ccc(-c2ccc(C(=O)OCC(=O)N[C@H](C)CCc3ccccc3)o2)cc1. The summed E-state index contributed by atoms with van der Waals surface area (Å²) in [5.41, 5.74) is 2.53. The molecule has 0 fully saturated rings. The molecule has 6 heteroatoms. The van der Waals surface area contributed by atoms with Gasteiger partial charge < -0.3 is 14.5 Å². The monoisotopic (exact) mass is 419 g/mol. The summed E-state index contributed by atoms with van der Waals surface area (Å²) in [4.78, 5) is 35.6. The minimum atomic E-state index is -0.710. The van der Waals surface area contributed by atoms with E-state index in [0.717, 1.165) is 18.4 Å². The molecule has 1 atom stereocenters. The number of hydrogen-bond donors (Lipinski definition) is 1. The van der Waals surface area contributed by atoms with Crippen molar-refractivity contribution in [3.8, 4) is 11.3 Å². The van der Waals surface area contributed by atoms with Gasteiger partial charge in [0.1, 0.15) is 5.76 Å². The molecule has 1 heterocycles. The number of esters is 1. The molecule has 0 radical (unpaired) electrons. The fraction of sp³-hybridized carbons (Fsp3) is 0.240. The smallest absolute Gasteiger partial charge is 0.374 e. The van der Waals surface area contributed by atoms with Gasteiger partial charge in [0.15, 0.2) is 12.4 Å². The van der Waals surface area contributed by atoms with E-state index in [4.69, 9.17) is 9.15 Å². The Bertz CT molecular complexity index is 1040. The molecule has 0 aliphatic heterocycles. The number of nitrogens with one attached hydrogen (secondary N) is 1.